The van der Waals surface area contributed by atoms with Gasteiger partial charge in [0.2, 0.25) is 0 Å². The molecule has 0 fully saturated rings. The summed E-state index contributed by atoms with van der Waals surface area (Å²) in [5, 5.41) is 3.00. The molecule has 4 aromatic rings. The number of imidazole rings is 1. The molecule has 4 rings (SSSR count). The van der Waals surface area contributed by atoms with E-state index in [1.165, 1.54) is 16.7 Å². The molecule has 0 aliphatic heterocycles. The highest BCUT2D eigenvalue weighted by atomic mass is 16.5. The molecule has 0 saturated heterocycles. The maximum absolute atomic E-state index is 12.8. The second-order valence-electron chi connectivity index (χ2n) is 7.42. The Labute approximate surface area is 176 Å². The van der Waals surface area contributed by atoms with Crippen molar-refractivity contribution in [2.75, 3.05) is 7.11 Å². The number of nitrogens with zero attached hydrogens (tertiary/aromatic N) is 2. The summed E-state index contributed by atoms with van der Waals surface area (Å²) < 4.78 is 7.49. The highest BCUT2D eigenvalue weighted by Crippen LogP contribution is 2.21. The molecule has 0 unspecified atom stereocenters. The number of aromatic nitrogens is 2. The molecule has 1 N–H and O–H groups in total. The number of benzene rings is 3. The fourth-order valence-corrected chi connectivity index (χ4v) is 3.66. The van der Waals surface area contributed by atoms with Crippen molar-refractivity contribution in [3.8, 4) is 5.75 Å². The maximum atomic E-state index is 12.8. The summed E-state index contributed by atoms with van der Waals surface area (Å²) in [6.07, 6.45) is 0. The van der Waals surface area contributed by atoms with Crippen LogP contribution in [0.3, 0.4) is 0 Å². The van der Waals surface area contributed by atoms with E-state index in [2.05, 4.69) is 48.0 Å². The van der Waals surface area contributed by atoms with Crippen LogP contribution in [-0.4, -0.2) is 22.6 Å². The first-order valence-corrected chi connectivity index (χ1v) is 9.98. The molecule has 0 spiro atoms. The molecule has 0 bridgehead atoms. The Balaban J connectivity index is 1.65. The third-order valence-electron chi connectivity index (χ3n) is 5.33. The number of nitrogens with one attached hydrogen (secondary N) is 1. The second-order valence-corrected chi connectivity index (χ2v) is 7.42. The quantitative estimate of drug-likeness (QED) is 0.514. The van der Waals surface area contributed by atoms with Crippen LogP contribution in [0, 0.1) is 13.8 Å². The minimum atomic E-state index is -0.183. The molecular weight excluding hydrogens is 374 g/mol. The van der Waals surface area contributed by atoms with E-state index in [1.54, 1.807) is 19.2 Å². The predicted molar refractivity (Wildman–Crippen MR) is 119 cm³/mol. The van der Waals surface area contributed by atoms with E-state index in [0.29, 0.717) is 24.4 Å². The molecule has 0 atom stereocenters. The van der Waals surface area contributed by atoms with Crippen molar-refractivity contribution in [2.24, 2.45) is 0 Å². The van der Waals surface area contributed by atoms with Crippen molar-refractivity contribution < 1.29 is 9.53 Å². The van der Waals surface area contributed by atoms with Gasteiger partial charge in [-0.3, -0.25) is 4.79 Å². The lowest BCUT2D eigenvalue weighted by Crippen LogP contribution is -2.25. The van der Waals surface area contributed by atoms with Gasteiger partial charge in [-0.05, 0) is 49.2 Å². The third kappa shape index (κ3) is 3.92. The Bertz CT molecular complexity index is 1210. The van der Waals surface area contributed by atoms with Gasteiger partial charge in [0.15, 0.2) is 0 Å². The fraction of sp³-hybridized carbons (Fsp3) is 0.200. The van der Waals surface area contributed by atoms with E-state index < -0.39 is 0 Å². The molecule has 1 amide bonds. The van der Waals surface area contributed by atoms with Crippen molar-refractivity contribution in [1.29, 1.82) is 0 Å². The van der Waals surface area contributed by atoms with Crippen molar-refractivity contribution in [2.45, 2.75) is 26.9 Å². The van der Waals surface area contributed by atoms with Gasteiger partial charge < -0.3 is 14.6 Å². The zero-order valence-electron chi connectivity index (χ0n) is 17.5. The molecule has 5 nitrogen and oxygen atoms in total. The van der Waals surface area contributed by atoms with Gasteiger partial charge in [0.05, 0.1) is 30.3 Å². The summed E-state index contributed by atoms with van der Waals surface area (Å²) in [6.45, 7) is 5.25. The third-order valence-corrected chi connectivity index (χ3v) is 5.33. The SMILES string of the molecule is COc1ccccc1C(=O)NCc1nc2ccccc2n1Cc1cc(C)ccc1C. The Morgan fingerprint density at radius 1 is 1.03 bits per heavy atom. The van der Waals surface area contributed by atoms with Gasteiger partial charge in [-0.2, -0.15) is 0 Å². The molecule has 1 aromatic heterocycles. The molecule has 0 radical (unpaired) electrons. The average Bonchev–Trinajstić information content (AvgIpc) is 3.12. The number of amides is 1. The lowest BCUT2D eigenvalue weighted by molar-refractivity contribution is 0.0946. The van der Waals surface area contributed by atoms with E-state index >= 15 is 0 Å². The van der Waals surface area contributed by atoms with Crippen LogP contribution in [0.25, 0.3) is 11.0 Å². The molecular formula is C25H25N3O2. The van der Waals surface area contributed by atoms with E-state index in [9.17, 15) is 4.79 Å². The predicted octanol–water partition coefficient (Wildman–Crippen LogP) is 4.64. The number of para-hydroxylation sites is 3. The van der Waals surface area contributed by atoms with E-state index in [4.69, 9.17) is 9.72 Å². The molecule has 152 valence electrons. The molecule has 5 heteroatoms. The zero-order chi connectivity index (χ0) is 21.1. The second kappa shape index (κ2) is 8.41. The highest BCUT2D eigenvalue weighted by Gasteiger charge is 2.15. The van der Waals surface area contributed by atoms with Crippen LogP contribution in [0.15, 0.2) is 66.7 Å². The van der Waals surface area contributed by atoms with Crippen molar-refractivity contribution >= 4 is 16.9 Å². The van der Waals surface area contributed by atoms with Gasteiger partial charge in [0, 0.05) is 6.54 Å². The van der Waals surface area contributed by atoms with Crippen LogP contribution in [0.5, 0.6) is 5.75 Å². The van der Waals surface area contributed by atoms with Crippen LogP contribution in [0.1, 0.15) is 32.9 Å². The van der Waals surface area contributed by atoms with Crippen LogP contribution in [-0.2, 0) is 13.1 Å². The minimum absolute atomic E-state index is 0.183. The molecule has 3 aromatic carbocycles. The van der Waals surface area contributed by atoms with Gasteiger partial charge in [-0.25, -0.2) is 4.98 Å². The Kier molecular flexibility index (Phi) is 5.53. The first-order valence-electron chi connectivity index (χ1n) is 9.98. The first kappa shape index (κ1) is 19.7. The van der Waals surface area contributed by atoms with Crippen molar-refractivity contribution in [3.63, 3.8) is 0 Å². The number of hydrogen-bond donors (Lipinski definition) is 1. The first-order chi connectivity index (χ1) is 14.6. The Hall–Kier alpha value is -3.60. The smallest absolute Gasteiger partial charge is 0.255 e. The summed E-state index contributed by atoms with van der Waals surface area (Å²) in [4.78, 5) is 17.5. The number of hydrogen-bond acceptors (Lipinski definition) is 3. The normalized spacial score (nSPS) is 10.9. The molecule has 1 heterocycles. The Morgan fingerprint density at radius 3 is 2.63 bits per heavy atom. The van der Waals surface area contributed by atoms with Gasteiger partial charge in [-0.1, -0.05) is 48.0 Å². The van der Waals surface area contributed by atoms with Crippen LogP contribution in [0.2, 0.25) is 0 Å². The standard InChI is InChI=1S/C25H25N3O2/c1-17-12-13-18(2)19(14-17)16-28-22-10-6-5-9-21(22)27-24(28)15-26-25(29)20-8-4-7-11-23(20)30-3/h4-14H,15-16H2,1-3H3,(H,26,29). The van der Waals surface area contributed by atoms with Crippen LogP contribution < -0.4 is 10.1 Å². The Morgan fingerprint density at radius 2 is 1.80 bits per heavy atom. The maximum Gasteiger partial charge on any atom is 0.255 e. The van der Waals surface area contributed by atoms with E-state index in [-0.39, 0.29) is 5.91 Å². The number of aryl methyl sites for hydroxylation is 2. The lowest BCUT2D eigenvalue weighted by atomic mass is 10.1. The number of methoxy groups -OCH3 is 1. The topological polar surface area (TPSA) is 56.1 Å². The number of carbonyl (C=O) groups excluding carboxylic acids is 1. The lowest BCUT2D eigenvalue weighted by Gasteiger charge is -2.13. The van der Waals surface area contributed by atoms with Crippen molar-refractivity contribution in [1.82, 2.24) is 14.9 Å². The molecule has 0 aliphatic carbocycles. The van der Waals surface area contributed by atoms with Gasteiger partial charge >= 0.3 is 0 Å². The van der Waals surface area contributed by atoms with Crippen LogP contribution >= 0.6 is 0 Å². The fourth-order valence-electron chi connectivity index (χ4n) is 3.66. The summed E-state index contributed by atoms with van der Waals surface area (Å²) in [5.74, 6) is 1.19. The largest absolute Gasteiger partial charge is 0.496 e. The summed E-state index contributed by atoms with van der Waals surface area (Å²) in [5.41, 5.74) is 6.20. The van der Waals surface area contributed by atoms with Gasteiger partial charge in [-0.15, -0.1) is 0 Å². The van der Waals surface area contributed by atoms with E-state index in [1.807, 2.05) is 30.3 Å². The number of rotatable bonds is 6. The summed E-state index contributed by atoms with van der Waals surface area (Å²) >= 11 is 0. The number of ether oxygens (including phenoxy) is 1. The molecule has 30 heavy (non-hydrogen) atoms. The van der Waals surface area contributed by atoms with Crippen molar-refractivity contribution in [3.05, 3.63) is 94.8 Å². The minimum Gasteiger partial charge on any atom is -0.496 e. The van der Waals surface area contributed by atoms with Gasteiger partial charge in [0.25, 0.3) is 5.91 Å². The van der Waals surface area contributed by atoms with Crippen LogP contribution in [0.4, 0.5) is 0 Å². The highest BCUT2D eigenvalue weighted by molar-refractivity contribution is 5.96. The zero-order valence-corrected chi connectivity index (χ0v) is 17.5. The number of carbonyl (C=O) groups is 1. The monoisotopic (exact) mass is 399 g/mol. The summed E-state index contributed by atoms with van der Waals surface area (Å²) in [6, 6.07) is 21.8. The van der Waals surface area contributed by atoms with E-state index in [0.717, 1.165) is 16.9 Å². The molecule has 0 aliphatic rings. The number of fused-ring (bicyclic) bond motifs is 1. The molecule has 0 saturated carbocycles. The average molecular weight is 399 g/mol. The summed E-state index contributed by atoms with van der Waals surface area (Å²) in [7, 11) is 1.57. The van der Waals surface area contributed by atoms with Gasteiger partial charge in [0.1, 0.15) is 11.6 Å².